The Hall–Kier alpha value is -1.84. The van der Waals surface area contributed by atoms with Crippen molar-refractivity contribution in [2.45, 2.75) is 6.92 Å². The van der Waals surface area contributed by atoms with Crippen LogP contribution in [0, 0.1) is 12.7 Å². The van der Waals surface area contributed by atoms with E-state index in [1.165, 1.54) is 6.07 Å². The second kappa shape index (κ2) is 3.38. The van der Waals surface area contributed by atoms with Gasteiger partial charge in [0.25, 0.3) is 0 Å². The summed E-state index contributed by atoms with van der Waals surface area (Å²) in [5.74, 6) is 0.284. The van der Waals surface area contributed by atoms with Crippen molar-refractivity contribution in [3.8, 4) is 11.3 Å². The zero-order valence-electron chi connectivity index (χ0n) is 8.66. The van der Waals surface area contributed by atoms with Crippen molar-refractivity contribution in [2.75, 3.05) is 5.73 Å². The summed E-state index contributed by atoms with van der Waals surface area (Å²) in [5.41, 5.74) is 7.67. The topological polar surface area (TPSA) is 43.8 Å². The Morgan fingerprint density at radius 1 is 1.33 bits per heavy atom. The fourth-order valence-corrected chi connectivity index (χ4v) is 1.55. The summed E-state index contributed by atoms with van der Waals surface area (Å²) in [6.07, 6.45) is 0. The third-order valence-corrected chi connectivity index (χ3v) is 2.47. The molecule has 0 atom stereocenters. The standard InChI is InChI=1S/C11H12FN3/c1-7-10(14-15(2)11(7)13)8-5-3-4-6-9(8)12/h3-6H,13H2,1-2H3. The highest BCUT2D eigenvalue weighted by molar-refractivity contribution is 5.68. The summed E-state index contributed by atoms with van der Waals surface area (Å²) in [5, 5.41) is 4.19. The molecule has 1 heterocycles. The molecule has 3 nitrogen and oxygen atoms in total. The number of nitrogen functional groups attached to an aromatic ring is 1. The fraction of sp³-hybridized carbons (Fsp3) is 0.182. The molecule has 2 rings (SSSR count). The second-order valence-electron chi connectivity index (χ2n) is 3.46. The Morgan fingerprint density at radius 2 is 2.00 bits per heavy atom. The van der Waals surface area contributed by atoms with E-state index in [9.17, 15) is 4.39 Å². The predicted molar refractivity (Wildman–Crippen MR) is 57.8 cm³/mol. The monoisotopic (exact) mass is 205 g/mol. The molecule has 0 aliphatic carbocycles. The molecule has 1 aromatic heterocycles. The highest BCUT2D eigenvalue weighted by Crippen LogP contribution is 2.27. The molecule has 0 aliphatic heterocycles. The largest absolute Gasteiger partial charge is 0.384 e. The molecule has 0 radical (unpaired) electrons. The zero-order valence-corrected chi connectivity index (χ0v) is 8.66. The molecule has 0 saturated heterocycles. The van der Waals surface area contributed by atoms with Gasteiger partial charge < -0.3 is 5.73 Å². The van der Waals surface area contributed by atoms with Gasteiger partial charge in [0.1, 0.15) is 17.3 Å². The SMILES string of the molecule is Cc1c(-c2ccccc2F)nn(C)c1N. The van der Waals surface area contributed by atoms with Gasteiger partial charge in [0.15, 0.2) is 0 Å². The van der Waals surface area contributed by atoms with Gasteiger partial charge in [-0.1, -0.05) is 12.1 Å². The molecule has 4 heteroatoms. The highest BCUT2D eigenvalue weighted by Gasteiger charge is 2.14. The fourth-order valence-electron chi connectivity index (χ4n) is 1.55. The first-order valence-corrected chi connectivity index (χ1v) is 4.65. The van der Waals surface area contributed by atoms with Crippen LogP contribution in [0.15, 0.2) is 24.3 Å². The Morgan fingerprint density at radius 3 is 2.53 bits per heavy atom. The van der Waals surface area contributed by atoms with E-state index in [-0.39, 0.29) is 5.82 Å². The van der Waals surface area contributed by atoms with Crippen LogP contribution in [0.2, 0.25) is 0 Å². The minimum atomic E-state index is -0.279. The Labute approximate surface area is 87.3 Å². The number of halogens is 1. The van der Waals surface area contributed by atoms with E-state index in [0.717, 1.165) is 5.56 Å². The van der Waals surface area contributed by atoms with Gasteiger partial charge >= 0.3 is 0 Å². The van der Waals surface area contributed by atoms with Gasteiger partial charge in [-0.15, -0.1) is 0 Å². The van der Waals surface area contributed by atoms with E-state index >= 15 is 0 Å². The van der Waals surface area contributed by atoms with E-state index < -0.39 is 0 Å². The van der Waals surface area contributed by atoms with Gasteiger partial charge in [-0.05, 0) is 19.1 Å². The molecule has 0 saturated carbocycles. The van der Waals surface area contributed by atoms with Crippen LogP contribution in [0.3, 0.4) is 0 Å². The highest BCUT2D eigenvalue weighted by atomic mass is 19.1. The molecular weight excluding hydrogens is 193 g/mol. The van der Waals surface area contributed by atoms with Crippen molar-refractivity contribution in [1.29, 1.82) is 0 Å². The minimum absolute atomic E-state index is 0.279. The molecule has 0 unspecified atom stereocenters. The number of nitrogens with zero attached hydrogens (tertiary/aromatic N) is 2. The van der Waals surface area contributed by atoms with Crippen LogP contribution in [0.5, 0.6) is 0 Å². The number of hydrogen-bond acceptors (Lipinski definition) is 2. The van der Waals surface area contributed by atoms with Gasteiger partial charge in [0.2, 0.25) is 0 Å². The summed E-state index contributed by atoms with van der Waals surface area (Å²) >= 11 is 0. The summed E-state index contributed by atoms with van der Waals surface area (Å²) in [4.78, 5) is 0. The van der Waals surface area contributed by atoms with E-state index in [0.29, 0.717) is 17.1 Å². The zero-order chi connectivity index (χ0) is 11.0. The van der Waals surface area contributed by atoms with Crippen molar-refractivity contribution in [3.63, 3.8) is 0 Å². The Kier molecular flexibility index (Phi) is 2.19. The Bertz CT molecular complexity index is 503. The van der Waals surface area contributed by atoms with Crippen LogP contribution in [0.25, 0.3) is 11.3 Å². The van der Waals surface area contributed by atoms with E-state index in [1.54, 1.807) is 29.9 Å². The minimum Gasteiger partial charge on any atom is -0.384 e. The first-order valence-electron chi connectivity index (χ1n) is 4.65. The van der Waals surface area contributed by atoms with Crippen molar-refractivity contribution in [2.24, 2.45) is 7.05 Å². The number of rotatable bonds is 1. The van der Waals surface area contributed by atoms with Gasteiger partial charge in [0, 0.05) is 18.2 Å². The van der Waals surface area contributed by atoms with Crippen LogP contribution in [-0.2, 0) is 7.05 Å². The quantitative estimate of drug-likeness (QED) is 0.774. The van der Waals surface area contributed by atoms with Crippen molar-refractivity contribution >= 4 is 5.82 Å². The first-order chi connectivity index (χ1) is 7.11. The van der Waals surface area contributed by atoms with E-state index in [1.807, 2.05) is 6.92 Å². The molecule has 2 N–H and O–H groups in total. The average molecular weight is 205 g/mol. The van der Waals surface area contributed by atoms with Gasteiger partial charge in [-0.2, -0.15) is 5.10 Å². The number of aromatic nitrogens is 2. The van der Waals surface area contributed by atoms with Crippen LogP contribution >= 0.6 is 0 Å². The second-order valence-corrected chi connectivity index (χ2v) is 3.46. The molecule has 0 fully saturated rings. The van der Waals surface area contributed by atoms with Gasteiger partial charge in [0.05, 0.1) is 0 Å². The van der Waals surface area contributed by atoms with Gasteiger partial charge in [-0.25, -0.2) is 4.39 Å². The lowest BCUT2D eigenvalue weighted by atomic mass is 10.1. The Balaban J connectivity index is 2.65. The lowest BCUT2D eigenvalue weighted by Gasteiger charge is -1.99. The lowest BCUT2D eigenvalue weighted by Crippen LogP contribution is -1.97. The van der Waals surface area contributed by atoms with Crippen LogP contribution in [0.4, 0.5) is 10.2 Å². The average Bonchev–Trinajstić information content (AvgIpc) is 2.47. The summed E-state index contributed by atoms with van der Waals surface area (Å²) in [7, 11) is 1.74. The molecule has 0 bridgehead atoms. The van der Waals surface area contributed by atoms with Crippen LogP contribution in [-0.4, -0.2) is 9.78 Å². The van der Waals surface area contributed by atoms with Crippen LogP contribution in [0.1, 0.15) is 5.56 Å². The predicted octanol–water partition coefficient (Wildman–Crippen LogP) is 2.12. The molecule has 0 spiro atoms. The molecule has 1 aromatic carbocycles. The number of nitrogens with two attached hydrogens (primary N) is 1. The summed E-state index contributed by atoms with van der Waals surface area (Å²) in [6.45, 7) is 1.84. The maximum atomic E-state index is 13.5. The maximum absolute atomic E-state index is 13.5. The molecular formula is C11H12FN3. The van der Waals surface area contributed by atoms with Gasteiger partial charge in [-0.3, -0.25) is 4.68 Å². The van der Waals surface area contributed by atoms with Crippen molar-refractivity contribution in [1.82, 2.24) is 9.78 Å². The third kappa shape index (κ3) is 1.48. The summed E-state index contributed by atoms with van der Waals surface area (Å²) in [6, 6.07) is 6.55. The van der Waals surface area contributed by atoms with Crippen molar-refractivity contribution in [3.05, 3.63) is 35.6 Å². The lowest BCUT2D eigenvalue weighted by molar-refractivity contribution is 0.630. The van der Waals surface area contributed by atoms with Crippen molar-refractivity contribution < 1.29 is 4.39 Å². The number of anilines is 1. The normalized spacial score (nSPS) is 10.6. The molecule has 0 amide bonds. The maximum Gasteiger partial charge on any atom is 0.132 e. The number of benzene rings is 1. The first kappa shape index (κ1) is 9.71. The summed E-state index contributed by atoms with van der Waals surface area (Å²) < 4.78 is 15.1. The third-order valence-electron chi connectivity index (χ3n) is 2.47. The molecule has 15 heavy (non-hydrogen) atoms. The van der Waals surface area contributed by atoms with E-state index in [2.05, 4.69) is 5.10 Å². The molecule has 2 aromatic rings. The van der Waals surface area contributed by atoms with E-state index in [4.69, 9.17) is 5.73 Å². The number of aryl methyl sites for hydroxylation is 1. The molecule has 0 aliphatic rings. The van der Waals surface area contributed by atoms with Crippen LogP contribution < -0.4 is 5.73 Å². The smallest absolute Gasteiger partial charge is 0.132 e. The molecule has 78 valence electrons. The number of hydrogen-bond donors (Lipinski definition) is 1.